The highest BCUT2D eigenvalue weighted by Crippen LogP contribution is 2.43. The third-order valence-electron chi connectivity index (χ3n) is 3.62. The van der Waals surface area contributed by atoms with Gasteiger partial charge in [-0.15, -0.1) is 0 Å². The number of nitrogens with two attached hydrogens (primary N) is 1. The second-order valence-corrected chi connectivity index (χ2v) is 5.94. The molecule has 0 saturated carbocycles. The maximum absolute atomic E-state index is 6.28. The van der Waals surface area contributed by atoms with Crippen molar-refractivity contribution in [3.63, 3.8) is 0 Å². The lowest BCUT2D eigenvalue weighted by Gasteiger charge is -2.31. The van der Waals surface area contributed by atoms with Crippen LogP contribution in [-0.2, 0) is 0 Å². The predicted octanol–water partition coefficient (Wildman–Crippen LogP) is 4.83. The van der Waals surface area contributed by atoms with Gasteiger partial charge in [-0.1, -0.05) is 47.0 Å². The fraction of sp³-hybridized carbons (Fsp3) is 0.250. The van der Waals surface area contributed by atoms with Crippen molar-refractivity contribution in [3.05, 3.63) is 63.1 Å². The zero-order chi connectivity index (χ0) is 14.3. The van der Waals surface area contributed by atoms with E-state index in [0.29, 0.717) is 16.5 Å². The van der Waals surface area contributed by atoms with Crippen molar-refractivity contribution in [1.82, 2.24) is 0 Å². The van der Waals surface area contributed by atoms with Crippen molar-refractivity contribution in [2.45, 2.75) is 25.5 Å². The van der Waals surface area contributed by atoms with Gasteiger partial charge in [0.2, 0.25) is 0 Å². The van der Waals surface area contributed by atoms with Gasteiger partial charge in [-0.25, -0.2) is 0 Å². The molecule has 0 amide bonds. The topological polar surface area (TPSA) is 35.2 Å². The summed E-state index contributed by atoms with van der Waals surface area (Å²) in [5, 5.41) is 1.23. The van der Waals surface area contributed by atoms with Gasteiger partial charge in [-0.05, 0) is 25.1 Å². The summed E-state index contributed by atoms with van der Waals surface area (Å²) < 4.78 is 6.06. The lowest BCUT2D eigenvalue weighted by atomic mass is 9.92. The highest BCUT2D eigenvalue weighted by molar-refractivity contribution is 6.36. The molecule has 0 fully saturated rings. The molecule has 0 aromatic heterocycles. The first-order valence-corrected chi connectivity index (χ1v) is 7.28. The van der Waals surface area contributed by atoms with Crippen molar-refractivity contribution in [2.24, 2.45) is 5.73 Å². The van der Waals surface area contributed by atoms with Crippen LogP contribution in [0.15, 0.2) is 36.4 Å². The molecule has 0 aliphatic carbocycles. The Balaban J connectivity index is 2.01. The molecule has 1 aliphatic rings. The van der Waals surface area contributed by atoms with Crippen LogP contribution < -0.4 is 10.5 Å². The Morgan fingerprint density at radius 2 is 1.85 bits per heavy atom. The fourth-order valence-corrected chi connectivity index (χ4v) is 3.26. The molecule has 104 valence electrons. The third-order valence-corrected chi connectivity index (χ3v) is 4.28. The van der Waals surface area contributed by atoms with Gasteiger partial charge in [0.1, 0.15) is 11.9 Å². The SMILES string of the molecule is Cc1ccc2c(c1)C(N)CC(c1c(Cl)cccc1Cl)O2. The largest absolute Gasteiger partial charge is 0.485 e. The molecule has 2 nitrogen and oxygen atoms in total. The first kappa shape index (κ1) is 13.7. The Labute approximate surface area is 128 Å². The smallest absolute Gasteiger partial charge is 0.128 e. The molecule has 20 heavy (non-hydrogen) atoms. The van der Waals surface area contributed by atoms with E-state index < -0.39 is 0 Å². The first-order chi connectivity index (χ1) is 9.56. The Morgan fingerprint density at radius 1 is 1.15 bits per heavy atom. The van der Waals surface area contributed by atoms with Gasteiger partial charge in [-0.2, -0.15) is 0 Å². The fourth-order valence-electron chi connectivity index (χ4n) is 2.62. The summed E-state index contributed by atoms with van der Waals surface area (Å²) in [4.78, 5) is 0. The first-order valence-electron chi connectivity index (χ1n) is 6.53. The Morgan fingerprint density at radius 3 is 2.55 bits per heavy atom. The molecule has 2 aromatic rings. The van der Waals surface area contributed by atoms with Crippen molar-refractivity contribution in [3.8, 4) is 5.75 Å². The summed E-state index contributed by atoms with van der Waals surface area (Å²) in [6, 6.07) is 11.4. The maximum Gasteiger partial charge on any atom is 0.128 e. The summed E-state index contributed by atoms with van der Waals surface area (Å²) in [5.74, 6) is 0.815. The zero-order valence-electron chi connectivity index (χ0n) is 11.1. The van der Waals surface area contributed by atoms with Gasteiger partial charge >= 0.3 is 0 Å². The molecule has 4 heteroatoms. The Bertz CT molecular complexity index is 637. The molecule has 3 rings (SSSR count). The molecule has 0 spiro atoms. The summed E-state index contributed by atoms with van der Waals surface area (Å²) in [6.07, 6.45) is 0.460. The number of aryl methyl sites for hydroxylation is 1. The van der Waals surface area contributed by atoms with Crippen LogP contribution in [0, 0.1) is 6.92 Å². The lowest BCUT2D eigenvalue weighted by Crippen LogP contribution is -2.24. The summed E-state index contributed by atoms with van der Waals surface area (Å²) in [7, 11) is 0. The van der Waals surface area contributed by atoms with Gasteiger partial charge in [0, 0.05) is 33.6 Å². The van der Waals surface area contributed by atoms with Crippen LogP contribution in [0.3, 0.4) is 0 Å². The third kappa shape index (κ3) is 2.39. The van der Waals surface area contributed by atoms with E-state index in [1.54, 1.807) is 0 Å². The Hall–Kier alpha value is -1.22. The molecular weight excluding hydrogens is 293 g/mol. The Kier molecular flexibility index (Phi) is 3.63. The average Bonchev–Trinajstić information content (AvgIpc) is 2.39. The minimum absolute atomic E-state index is 0.0732. The van der Waals surface area contributed by atoms with Gasteiger partial charge in [0.15, 0.2) is 0 Å². The van der Waals surface area contributed by atoms with E-state index in [4.69, 9.17) is 33.7 Å². The molecule has 2 N–H and O–H groups in total. The normalized spacial score (nSPS) is 21.2. The summed E-state index contributed by atoms with van der Waals surface area (Å²) in [5.41, 5.74) is 9.32. The van der Waals surface area contributed by atoms with Crippen LogP contribution in [-0.4, -0.2) is 0 Å². The van der Waals surface area contributed by atoms with E-state index in [0.717, 1.165) is 16.9 Å². The lowest BCUT2D eigenvalue weighted by molar-refractivity contribution is 0.161. The van der Waals surface area contributed by atoms with Gasteiger partial charge in [-0.3, -0.25) is 0 Å². The van der Waals surface area contributed by atoms with Crippen molar-refractivity contribution < 1.29 is 4.74 Å². The average molecular weight is 308 g/mol. The van der Waals surface area contributed by atoms with Crippen molar-refractivity contribution in [1.29, 1.82) is 0 Å². The van der Waals surface area contributed by atoms with E-state index in [2.05, 4.69) is 6.07 Å². The van der Waals surface area contributed by atoms with E-state index in [9.17, 15) is 0 Å². The van der Waals surface area contributed by atoms with E-state index in [1.165, 1.54) is 5.56 Å². The highest BCUT2D eigenvalue weighted by atomic mass is 35.5. The molecular formula is C16H15Cl2NO. The molecule has 0 saturated heterocycles. The van der Waals surface area contributed by atoms with E-state index >= 15 is 0 Å². The number of fused-ring (bicyclic) bond motifs is 1. The standard InChI is InChI=1S/C16H15Cl2NO/c1-9-5-6-14-10(7-9)13(19)8-15(20-14)16-11(17)3-2-4-12(16)18/h2-7,13,15H,8,19H2,1H3. The molecule has 0 bridgehead atoms. The van der Waals surface area contributed by atoms with Crippen LogP contribution in [0.4, 0.5) is 0 Å². The minimum atomic E-state index is -0.207. The second-order valence-electron chi connectivity index (χ2n) is 5.13. The molecule has 2 aromatic carbocycles. The summed E-state index contributed by atoms with van der Waals surface area (Å²) in [6.45, 7) is 2.05. The van der Waals surface area contributed by atoms with E-state index in [-0.39, 0.29) is 12.1 Å². The number of halogens is 2. The number of rotatable bonds is 1. The highest BCUT2D eigenvalue weighted by Gasteiger charge is 2.29. The second kappa shape index (κ2) is 5.28. The number of benzene rings is 2. The number of hydrogen-bond donors (Lipinski definition) is 1. The van der Waals surface area contributed by atoms with Gasteiger partial charge in [0.05, 0.1) is 0 Å². The quantitative estimate of drug-likeness (QED) is 0.819. The molecule has 1 heterocycles. The van der Waals surface area contributed by atoms with E-state index in [1.807, 2.05) is 37.3 Å². The monoisotopic (exact) mass is 307 g/mol. The van der Waals surface area contributed by atoms with Crippen LogP contribution in [0.25, 0.3) is 0 Å². The van der Waals surface area contributed by atoms with Crippen molar-refractivity contribution in [2.75, 3.05) is 0 Å². The predicted molar refractivity (Wildman–Crippen MR) is 82.6 cm³/mol. The zero-order valence-corrected chi connectivity index (χ0v) is 12.6. The number of ether oxygens (including phenoxy) is 1. The van der Waals surface area contributed by atoms with Crippen LogP contribution in [0.2, 0.25) is 10.0 Å². The summed E-state index contributed by atoms with van der Waals surface area (Å²) >= 11 is 12.5. The van der Waals surface area contributed by atoms with Gasteiger partial charge in [0.25, 0.3) is 0 Å². The van der Waals surface area contributed by atoms with Crippen LogP contribution in [0.5, 0.6) is 5.75 Å². The minimum Gasteiger partial charge on any atom is -0.485 e. The molecule has 2 unspecified atom stereocenters. The maximum atomic E-state index is 6.28. The molecule has 0 radical (unpaired) electrons. The number of hydrogen-bond acceptors (Lipinski definition) is 2. The van der Waals surface area contributed by atoms with Gasteiger partial charge < -0.3 is 10.5 Å². The van der Waals surface area contributed by atoms with Crippen LogP contribution >= 0.6 is 23.2 Å². The van der Waals surface area contributed by atoms with Crippen LogP contribution in [0.1, 0.15) is 35.3 Å². The van der Waals surface area contributed by atoms with Crippen molar-refractivity contribution >= 4 is 23.2 Å². The molecule has 1 aliphatic heterocycles. The molecule has 2 atom stereocenters.